The first-order valence-electron chi connectivity index (χ1n) is 8.23. The smallest absolute Gasteiger partial charge is 0.387 e. The molecule has 0 saturated heterocycles. The molecular formula is C20H12F2N4O2. The van der Waals surface area contributed by atoms with E-state index in [2.05, 4.69) is 14.8 Å². The Hall–Kier alpha value is -3.99. The number of hydrogen-bond donors (Lipinski definition) is 1. The van der Waals surface area contributed by atoms with Crippen LogP contribution in [0.25, 0.3) is 28.2 Å². The Kier molecular flexibility index (Phi) is 4.33. The molecule has 0 fully saturated rings. The maximum atomic E-state index is 12.7. The molecule has 2 aromatic heterocycles. The van der Waals surface area contributed by atoms with Gasteiger partial charge in [-0.05, 0) is 29.8 Å². The van der Waals surface area contributed by atoms with Crippen LogP contribution in [0.4, 0.5) is 8.78 Å². The number of alkyl halides is 2. The van der Waals surface area contributed by atoms with Crippen molar-refractivity contribution < 1.29 is 13.5 Å². The number of H-pyrrole nitrogens is 1. The minimum absolute atomic E-state index is 0.0272. The molecule has 0 aliphatic carbocycles. The summed E-state index contributed by atoms with van der Waals surface area (Å²) < 4.78 is 31.0. The van der Waals surface area contributed by atoms with Gasteiger partial charge in [-0.1, -0.05) is 24.3 Å². The van der Waals surface area contributed by atoms with Crippen molar-refractivity contribution in [3.05, 3.63) is 76.6 Å². The summed E-state index contributed by atoms with van der Waals surface area (Å²) in [5.74, 6) is -0.0272. The number of benzene rings is 2. The van der Waals surface area contributed by atoms with E-state index in [4.69, 9.17) is 5.26 Å². The van der Waals surface area contributed by atoms with Gasteiger partial charge in [0.05, 0.1) is 23.0 Å². The predicted molar refractivity (Wildman–Crippen MR) is 98.0 cm³/mol. The number of ether oxygens (including phenoxy) is 1. The molecule has 0 bridgehead atoms. The first-order chi connectivity index (χ1) is 13.5. The van der Waals surface area contributed by atoms with Crippen molar-refractivity contribution in [1.29, 1.82) is 5.26 Å². The highest BCUT2D eigenvalue weighted by Gasteiger charge is 2.15. The summed E-state index contributed by atoms with van der Waals surface area (Å²) in [5.41, 5.74) is 2.46. The van der Waals surface area contributed by atoms with Gasteiger partial charge in [-0.3, -0.25) is 4.79 Å². The highest BCUT2D eigenvalue weighted by molar-refractivity contribution is 5.71. The third-order valence-electron chi connectivity index (χ3n) is 4.15. The number of aromatic amines is 1. The lowest BCUT2D eigenvalue weighted by atomic mass is 10.1. The molecule has 2 heterocycles. The number of para-hydroxylation sites is 1. The normalized spacial score (nSPS) is 10.9. The van der Waals surface area contributed by atoms with E-state index in [0.717, 1.165) is 10.1 Å². The lowest BCUT2D eigenvalue weighted by Gasteiger charge is -2.08. The summed E-state index contributed by atoms with van der Waals surface area (Å²) in [7, 11) is 0. The molecule has 2 aromatic carbocycles. The second-order valence-corrected chi connectivity index (χ2v) is 5.91. The van der Waals surface area contributed by atoms with Gasteiger partial charge in [0, 0.05) is 17.7 Å². The standard InChI is InChI=1S/C20H12F2N4O2/c21-20(22)28-17-4-2-1-3-14(17)16-9-18-24-15(10-19(27)26(18)25-16)13-7-5-12(11-23)6-8-13/h1-10,20,24H. The van der Waals surface area contributed by atoms with Crippen LogP contribution < -0.4 is 10.3 Å². The first-order valence-corrected chi connectivity index (χ1v) is 8.23. The maximum absolute atomic E-state index is 12.7. The van der Waals surface area contributed by atoms with Crippen molar-refractivity contribution in [2.75, 3.05) is 0 Å². The first kappa shape index (κ1) is 17.4. The highest BCUT2D eigenvalue weighted by atomic mass is 19.3. The van der Waals surface area contributed by atoms with Crippen molar-refractivity contribution in [2.24, 2.45) is 0 Å². The Labute approximate surface area is 157 Å². The van der Waals surface area contributed by atoms with Crippen LogP contribution in [0, 0.1) is 11.3 Å². The van der Waals surface area contributed by atoms with Gasteiger partial charge in [-0.2, -0.15) is 23.7 Å². The predicted octanol–water partition coefficient (Wildman–Crippen LogP) is 3.83. The van der Waals surface area contributed by atoms with Gasteiger partial charge in [-0.25, -0.2) is 0 Å². The Balaban J connectivity index is 1.81. The third kappa shape index (κ3) is 3.21. The van der Waals surface area contributed by atoms with E-state index in [1.807, 2.05) is 6.07 Å². The Morgan fingerprint density at radius 2 is 1.86 bits per heavy atom. The lowest BCUT2D eigenvalue weighted by molar-refractivity contribution is -0.0494. The fourth-order valence-corrected chi connectivity index (χ4v) is 2.89. The minimum atomic E-state index is -2.97. The van der Waals surface area contributed by atoms with Gasteiger partial charge in [0.15, 0.2) is 0 Å². The average Bonchev–Trinajstić information content (AvgIpc) is 3.12. The van der Waals surface area contributed by atoms with Gasteiger partial charge in [0.25, 0.3) is 5.56 Å². The fourth-order valence-electron chi connectivity index (χ4n) is 2.89. The molecule has 0 saturated carbocycles. The molecule has 0 radical (unpaired) electrons. The zero-order valence-corrected chi connectivity index (χ0v) is 14.3. The summed E-state index contributed by atoms with van der Waals surface area (Å²) in [5, 5.41) is 13.1. The molecule has 1 N–H and O–H groups in total. The van der Waals surface area contributed by atoms with Gasteiger partial charge in [0.1, 0.15) is 11.4 Å². The zero-order valence-electron chi connectivity index (χ0n) is 14.3. The average molecular weight is 378 g/mol. The van der Waals surface area contributed by atoms with Crippen LogP contribution in [-0.2, 0) is 0 Å². The topological polar surface area (TPSA) is 83.2 Å². The summed E-state index contributed by atoms with van der Waals surface area (Å²) in [6, 6.07) is 18.0. The zero-order chi connectivity index (χ0) is 19.7. The van der Waals surface area contributed by atoms with E-state index in [1.54, 1.807) is 48.5 Å². The fraction of sp³-hybridized carbons (Fsp3) is 0.0500. The van der Waals surface area contributed by atoms with E-state index in [1.165, 1.54) is 12.1 Å². The number of aromatic nitrogens is 3. The molecule has 8 heteroatoms. The molecule has 0 atom stereocenters. The molecule has 0 spiro atoms. The third-order valence-corrected chi connectivity index (χ3v) is 4.15. The number of nitrogens with zero attached hydrogens (tertiary/aromatic N) is 3. The Morgan fingerprint density at radius 3 is 2.57 bits per heavy atom. The Morgan fingerprint density at radius 1 is 1.11 bits per heavy atom. The van der Waals surface area contributed by atoms with Crippen molar-refractivity contribution in [2.45, 2.75) is 6.61 Å². The van der Waals surface area contributed by atoms with Crippen LogP contribution in [0.5, 0.6) is 5.75 Å². The molecule has 0 aliphatic heterocycles. The van der Waals surface area contributed by atoms with Gasteiger partial charge in [0.2, 0.25) is 0 Å². The van der Waals surface area contributed by atoms with Crippen LogP contribution in [-0.4, -0.2) is 21.2 Å². The largest absolute Gasteiger partial charge is 0.434 e. The maximum Gasteiger partial charge on any atom is 0.387 e. The van der Waals surface area contributed by atoms with E-state index < -0.39 is 6.61 Å². The number of rotatable bonds is 4. The van der Waals surface area contributed by atoms with Crippen molar-refractivity contribution in [1.82, 2.24) is 14.6 Å². The molecule has 0 aliphatic rings. The molecule has 0 unspecified atom stereocenters. The lowest BCUT2D eigenvalue weighted by Crippen LogP contribution is -2.14. The van der Waals surface area contributed by atoms with Crippen molar-refractivity contribution in [3.63, 3.8) is 0 Å². The van der Waals surface area contributed by atoms with Gasteiger partial charge >= 0.3 is 6.61 Å². The van der Waals surface area contributed by atoms with Gasteiger partial charge < -0.3 is 9.72 Å². The quantitative estimate of drug-likeness (QED) is 0.585. The number of nitriles is 1. The summed E-state index contributed by atoms with van der Waals surface area (Å²) in [6.07, 6.45) is 0. The van der Waals surface area contributed by atoms with Gasteiger partial charge in [-0.15, -0.1) is 0 Å². The Bertz CT molecular complexity index is 1250. The molecule has 4 rings (SSSR count). The second-order valence-electron chi connectivity index (χ2n) is 5.91. The van der Waals surface area contributed by atoms with E-state index in [9.17, 15) is 13.6 Å². The number of halogens is 2. The summed E-state index contributed by atoms with van der Waals surface area (Å²) in [6.45, 7) is -2.97. The molecule has 6 nitrogen and oxygen atoms in total. The SMILES string of the molecule is N#Cc1ccc(-c2cc(=O)n3nc(-c4ccccc4OC(F)F)cc3[nH]2)cc1. The molecule has 0 amide bonds. The highest BCUT2D eigenvalue weighted by Crippen LogP contribution is 2.30. The van der Waals surface area contributed by atoms with E-state index >= 15 is 0 Å². The molecule has 138 valence electrons. The van der Waals surface area contributed by atoms with E-state index in [-0.39, 0.29) is 11.3 Å². The molecule has 4 aromatic rings. The monoisotopic (exact) mass is 378 g/mol. The number of hydrogen-bond acceptors (Lipinski definition) is 4. The summed E-state index contributed by atoms with van der Waals surface area (Å²) in [4.78, 5) is 15.6. The molecular weight excluding hydrogens is 366 g/mol. The van der Waals surface area contributed by atoms with Crippen LogP contribution in [0.3, 0.4) is 0 Å². The second kappa shape index (κ2) is 6.96. The van der Waals surface area contributed by atoms with E-state index in [0.29, 0.717) is 28.2 Å². The van der Waals surface area contributed by atoms with Crippen LogP contribution in [0.15, 0.2) is 65.5 Å². The minimum Gasteiger partial charge on any atom is -0.434 e. The van der Waals surface area contributed by atoms with Crippen molar-refractivity contribution in [3.8, 4) is 34.3 Å². The summed E-state index contributed by atoms with van der Waals surface area (Å²) >= 11 is 0. The number of nitrogens with one attached hydrogen (secondary N) is 1. The number of fused-ring (bicyclic) bond motifs is 1. The van der Waals surface area contributed by atoms with Crippen molar-refractivity contribution >= 4 is 5.65 Å². The van der Waals surface area contributed by atoms with Crippen LogP contribution >= 0.6 is 0 Å². The molecule has 28 heavy (non-hydrogen) atoms. The van der Waals surface area contributed by atoms with Crippen LogP contribution in [0.1, 0.15) is 5.56 Å². The van der Waals surface area contributed by atoms with Crippen LogP contribution in [0.2, 0.25) is 0 Å².